The number of carbonyl (C=O) groups is 2. The van der Waals surface area contributed by atoms with E-state index in [2.05, 4.69) is 11.4 Å². The normalized spacial score (nSPS) is 17.0. The lowest BCUT2D eigenvalue weighted by molar-refractivity contribution is -0.128. The molecule has 1 atom stereocenters. The van der Waals surface area contributed by atoms with Crippen LogP contribution in [0, 0.1) is 19.8 Å². The van der Waals surface area contributed by atoms with Crippen LogP contribution in [0.15, 0.2) is 42.5 Å². The number of hydrogen-bond donors (Lipinski definition) is 1. The molecule has 1 aliphatic rings. The lowest BCUT2D eigenvalue weighted by Crippen LogP contribution is -2.28. The number of anilines is 1. The molecule has 0 aromatic heterocycles. The minimum Gasteiger partial charge on any atom is -0.337 e. The maximum atomic E-state index is 12.5. The van der Waals surface area contributed by atoms with E-state index in [9.17, 15) is 9.59 Å². The van der Waals surface area contributed by atoms with Gasteiger partial charge in [0, 0.05) is 30.2 Å². The highest BCUT2D eigenvalue weighted by molar-refractivity contribution is 6.31. The zero-order valence-electron chi connectivity index (χ0n) is 14.4. The Kier molecular flexibility index (Phi) is 5.09. The summed E-state index contributed by atoms with van der Waals surface area (Å²) in [7, 11) is 0. The number of nitrogens with zero attached hydrogens (tertiary/aromatic N) is 1. The van der Waals surface area contributed by atoms with Gasteiger partial charge in [-0.2, -0.15) is 0 Å². The van der Waals surface area contributed by atoms with Crippen molar-refractivity contribution in [2.24, 2.45) is 5.92 Å². The Hall–Kier alpha value is -2.33. The van der Waals surface area contributed by atoms with Crippen molar-refractivity contribution < 1.29 is 9.59 Å². The number of hydrogen-bond acceptors (Lipinski definition) is 2. The topological polar surface area (TPSA) is 49.4 Å². The van der Waals surface area contributed by atoms with Crippen LogP contribution in [0.25, 0.3) is 0 Å². The summed E-state index contributed by atoms with van der Waals surface area (Å²) in [5.41, 5.74) is 3.86. The second kappa shape index (κ2) is 7.28. The summed E-state index contributed by atoms with van der Waals surface area (Å²) in [5.74, 6) is -0.462. The lowest BCUT2D eigenvalue weighted by atomic mass is 10.1. The lowest BCUT2D eigenvalue weighted by Gasteiger charge is -2.17. The van der Waals surface area contributed by atoms with Crippen molar-refractivity contribution in [2.75, 3.05) is 11.9 Å². The van der Waals surface area contributed by atoms with Gasteiger partial charge in [-0.3, -0.25) is 9.59 Å². The molecule has 0 bridgehead atoms. The van der Waals surface area contributed by atoms with Crippen molar-refractivity contribution in [3.63, 3.8) is 0 Å². The van der Waals surface area contributed by atoms with Gasteiger partial charge in [0.25, 0.3) is 0 Å². The molecular formula is C20H21ClN2O2. The number of halogens is 1. The number of amides is 2. The first-order chi connectivity index (χ1) is 11.9. The molecule has 0 spiro atoms. The van der Waals surface area contributed by atoms with Crippen LogP contribution in [0.4, 0.5) is 5.69 Å². The van der Waals surface area contributed by atoms with Crippen molar-refractivity contribution in [1.82, 2.24) is 4.90 Å². The van der Waals surface area contributed by atoms with Gasteiger partial charge in [-0.1, -0.05) is 35.9 Å². The van der Waals surface area contributed by atoms with E-state index in [1.54, 1.807) is 4.90 Å². The molecule has 0 aliphatic carbocycles. The van der Waals surface area contributed by atoms with Gasteiger partial charge >= 0.3 is 0 Å². The minimum atomic E-state index is -0.337. The average molecular weight is 357 g/mol. The number of nitrogens with one attached hydrogen (secondary N) is 1. The molecule has 130 valence electrons. The van der Waals surface area contributed by atoms with Crippen LogP contribution < -0.4 is 5.32 Å². The van der Waals surface area contributed by atoms with Gasteiger partial charge in [-0.15, -0.1) is 0 Å². The Labute approximate surface area is 152 Å². The summed E-state index contributed by atoms with van der Waals surface area (Å²) in [6, 6.07) is 13.4. The number of likely N-dealkylation sites (tertiary alicyclic amines) is 1. The summed E-state index contributed by atoms with van der Waals surface area (Å²) in [4.78, 5) is 26.5. The second-order valence-corrected chi connectivity index (χ2v) is 7.04. The fourth-order valence-corrected chi connectivity index (χ4v) is 3.42. The van der Waals surface area contributed by atoms with Crippen molar-refractivity contribution in [1.29, 1.82) is 0 Å². The fourth-order valence-electron chi connectivity index (χ4n) is 3.22. The molecule has 0 saturated carbocycles. The largest absolute Gasteiger partial charge is 0.337 e. The Morgan fingerprint density at radius 1 is 1.20 bits per heavy atom. The van der Waals surface area contributed by atoms with Gasteiger partial charge in [-0.05, 0) is 48.7 Å². The molecule has 1 aliphatic heterocycles. The second-order valence-electron chi connectivity index (χ2n) is 6.63. The molecule has 25 heavy (non-hydrogen) atoms. The number of aryl methyl sites for hydroxylation is 2. The van der Waals surface area contributed by atoms with Crippen LogP contribution in [0.1, 0.15) is 23.1 Å². The first kappa shape index (κ1) is 17.5. The molecule has 5 heteroatoms. The molecule has 1 saturated heterocycles. The maximum Gasteiger partial charge on any atom is 0.229 e. The van der Waals surface area contributed by atoms with Crippen LogP contribution >= 0.6 is 11.6 Å². The van der Waals surface area contributed by atoms with Crippen molar-refractivity contribution in [3.05, 3.63) is 64.2 Å². The van der Waals surface area contributed by atoms with Gasteiger partial charge < -0.3 is 10.2 Å². The van der Waals surface area contributed by atoms with Crippen LogP contribution in [0.3, 0.4) is 0 Å². The molecule has 1 N–H and O–H groups in total. The summed E-state index contributed by atoms with van der Waals surface area (Å²) in [6.07, 6.45) is 0.237. The van der Waals surface area contributed by atoms with Gasteiger partial charge in [0.1, 0.15) is 0 Å². The Morgan fingerprint density at radius 3 is 2.56 bits per heavy atom. The highest BCUT2D eigenvalue weighted by Gasteiger charge is 2.34. The van der Waals surface area contributed by atoms with Crippen LogP contribution in [-0.2, 0) is 16.1 Å². The Morgan fingerprint density at radius 2 is 1.88 bits per heavy atom. The van der Waals surface area contributed by atoms with Gasteiger partial charge in [-0.25, -0.2) is 0 Å². The van der Waals surface area contributed by atoms with Gasteiger partial charge in [0.05, 0.1) is 5.92 Å². The molecular weight excluding hydrogens is 336 g/mol. The third-order valence-electron chi connectivity index (χ3n) is 4.39. The minimum absolute atomic E-state index is 0.0134. The van der Waals surface area contributed by atoms with Crippen LogP contribution in [0.5, 0.6) is 0 Å². The number of carbonyl (C=O) groups excluding carboxylic acids is 2. The van der Waals surface area contributed by atoms with E-state index < -0.39 is 0 Å². The predicted octanol–water partition coefficient (Wildman–Crippen LogP) is 3.94. The maximum absolute atomic E-state index is 12.5. The molecule has 1 fully saturated rings. The molecule has 0 unspecified atom stereocenters. The molecule has 3 rings (SSSR count). The molecule has 0 radical (unpaired) electrons. The van der Waals surface area contributed by atoms with E-state index in [-0.39, 0.29) is 24.2 Å². The van der Waals surface area contributed by atoms with Crippen molar-refractivity contribution in [3.8, 4) is 0 Å². The van der Waals surface area contributed by atoms with Crippen LogP contribution in [0.2, 0.25) is 5.02 Å². The number of rotatable bonds is 4. The van der Waals surface area contributed by atoms with E-state index in [1.165, 1.54) is 0 Å². The zero-order valence-corrected chi connectivity index (χ0v) is 15.1. The molecule has 2 aromatic carbocycles. The predicted molar refractivity (Wildman–Crippen MR) is 99.5 cm³/mol. The van der Waals surface area contributed by atoms with Crippen LogP contribution in [-0.4, -0.2) is 23.3 Å². The average Bonchev–Trinajstić information content (AvgIpc) is 2.90. The van der Waals surface area contributed by atoms with Gasteiger partial charge in [0.2, 0.25) is 11.8 Å². The van der Waals surface area contributed by atoms with Crippen molar-refractivity contribution in [2.45, 2.75) is 26.8 Å². The van der Waals surface area contributed by atoms with E-state index in [4.69, 9.17) is 11.6 Å². The molecule has 4 nitrogen and oxygen atoms in total. The monoisotopic (exact) mass is 356 g/mol. The zero-order chi connectivity index (χ0) is 18.0. The standard InChI is InChI=1S/C20H21ClN2O2/c1-13-7-14(2)9-17(8-13)22-20(25)16-10-19(24)23(12-16)11-15-5-3-4-6-18(15)21/h3-9,16H,10-12H2,1-2H3,(H,22,25)/t16-/m0/s1. The Bertz CT molecular complexity index is 799. The Balaban J connectivity index is 1.65. The van der Waals surface area contributed by atoms with E-state index in [1.807, 2.05) is 50.2 Å². The summed E-state index contributed by atoms with van der Waals surface area (Å²) in [6.45, 7) is 4.84. The quantitative estimate of drug-likeness (QED) is 0.901. The highest BCUT2D eigenvalue weighted by Crippen LogP contribution is 2.25. The molecule has 2 aromatic rings. The van der Waals surface area contributed by atoms with Crippen molar-refractivity contribution >= 4 is 29.1 Å². The van der Waals surface area contributed by atoms with E-state index >= 15 is 0 Å². The smallest absolute Gasteiger partial charge is 0.229 e. The molecule has 1 heterocycles. The number of benzene rings is 2. The van der Waals surface area contributed by atoms with E-state index in [0.29, 0.717) is 18.1 Å². The third kappa shape index (κ3) is 4.20. The summed E-state index contributed by atoms with van der Waals surface area (Å²) >= 11 is 6.17. The molecule has 2 amide bonds. The first-order valence-electron chi connectivity index (χ1n) is 8.32. The van der Waals surface area contributed by atoms with Gasteiger partial charge in [0.15, 0.2) is 0 Å². The SMILES string of the molecule is Cc1cc(C)cc(NC(=O)[C@H]2CC(=O)N(Cc3ccccc3Cl)C2)c1. The third-order valence-corrected chi connectivity index (χ3v) is 4.76. The first-order valence-corrected chi connectivity index (χ1v) is 8.70. The fraction of sp³-hybridized carbons (Fsp3) is 0.300. The highest BCUT2D eigenvalue weighted by atomic mass is 35.5. The van der Waals surface area contributed by atoms with E-state index in [0.717, 1.165) is 22.4 Å². The summed E-state index contributed by atoms with van der Waals surface area (Å²) < 4.78 is 0. The summed E-state index contributed by atoms with van der Waals surface area (Å²) in [5, 5.41) is 3.58.